The van der Waals surface area contributed by atoms with Crippen LogP contribution in [0.4, 0.5) is 17.6 Å². The Hall–Kier alpha value is -3.60. The summed E-state index contributed by atoms with van der Waals surface area (Å²) in [4.78, 5) is 0. The third kappa shape index (κ3) is 4.11. The first-order valence-electron chi connectivity index (χ1n) is 10.1. The molecule has 1 nitrogen and oxygen atoms in total. The third-order valence-corrected chi connectivity index (χ3v) is 5.41. The summed E-state index contributed by atoms with van der Waals surface area (Å²) in [6, 6.07) is 15.7. The molecule has 0 saturated heterocycles. The molecule has 4 aromatic carbocycles. The Morgan fingerprint density at radius 2 is 1.31 bits per heavy atom. The first-order chi connectivity index (χ1) is 15.4. The van der Waals surface area contributed by atoms with Crippen LogP contribution in [0.3, 0.4) is 0 Å². The number of rotatable bonds is 6. The predicted molar refractivity (Wildman–Crippen MR) is 120 cm³/mol. The van der Waals surface area contributed by atoms with Crippen molar-refractivity contribution >= 4 is 10.8 Å². The molecule has 0 aliphatic carbocycles. The molecule has 0 heterocycles. The first kappa shape index (κ1) is 21.6. The molecule has 0 amide bonds. The van der Waals surface area contributed by atoms with E-state index in [1.807, 2.05) is 30.3 Å². The number of allylic oxidation sites excluding steroid dienone is 1. The lowest BCUT2D eigenvalue weighted by Crippen LogP contribution is -1.97. The van der Waals surface area contributed by atoms with E-state index >= 15 is 0 Å². The molecule has 4 aromatic rings. The minimum Gasteiger partial charge on any atom is -0.491 e. The average Bonchev–Trinajstić information content (AvgIpc) is 2.76. The molecule has 0 spiro atoms. The van der Waals surface area contributed by atoms with Crippen LogP contribution < -0.4 is 4.74 Å². The summed E-state index contributed by atoms with van der Waals surface area (Å²) in [7, 11) is 1.11. The largest absolute Gasteiger partial charge is 0.491 e. The minimum atomic E-state index is -1.03. The molecule has 4 rings (SSSR count). The SMILES string of the molecule is C=CCCc1ccc2cc(-c3cc(F)c(-c4cc(F)c(OC)c(F)c4)c(F)c3)ccc2c1. The van der Waals surface area contributed by atoms with Gasteiger partial charge < -0.3 is 4.74 Å². The molecule has 162 valence electrons. The number of ether oxygens (including phenoxy) is 1. The summed E-state index contributed by atoms with van der Waals surface area (Å²) in [5, 5.41) is 1.96. The number of benzene rings is 4. The van der Waals surface area contributed by atoms with E-state index in [1.165, 1.54) is 5.56 Å². The van der Waals surface area contributed by atoms with Gasteiger partial charge in [-0.05, 0) is 76.2 Å². The van der Waals surface area contributed by atoms with Crippen molar-refractivity contribution in [3.63, 3.8) is 0 Å². The van der Waals surface area contributed by atoms with Gasteiger partial charge in [-0.2, -0.15) is 0 Å². The van der Waals surface area contributed by atoms with Crippen LogP contribution in [-0.2, 0) is 6.42 Å². The molecule has 0 aromatic heterocycles. The van der Waals surface area contributed by atoms with Gasteiger partial charge in [-0.3, -0.25) is 0 Å². The van der Waals surface area contributed by atoms with Crippen LogP contribution in [0.2, 0.25) is 0 Å². The second-order valence-electron chi connectivity index (χ2n) is 7.51. The topological polar surface area (TPSA) is 9.23 Å². The van der Waals surface area contributed by atoms with Gasteiger partial charge in [0.1, 0.15) is 11.6 Å². The van der Waals surface area contributed by atoms with Crippen molar-refractivity contribution in [2.24, 2.45) is 0 Å². The Morgan fingerprint density at radius 1 is 0.719 bits per heavy atom. The van der Waals surface area contributed by atoms with Crippen molar-refractivity contribution in [3.8, 4) is 28.0 Å². The lowest BCUT2D eigenvalue weighted by atomic mass is 9.96. The number of halogens is 4. The highest BCUT2D eigenvalue weighted by Crippen LogP contribution is 2.35. The Balaban J connectivity index is 1.73. The van der Waals surface area contributed by atoms with Gasteiger partial charge in [-0.25, -0.2) is 17.6 Å². The molecular formula is C27H20F4O. The van der Waals surface area contributed by atoms with Crippen LogP contribution in [0.25, 0.3) is 33.0 Å². The number of methoxy groups -OCH3 is 1. The molecule has 0 aliphatic heterocycles. The molecule has 0 N–H and O–H groups in total. The van der Waals surface area contributed by atoms with Crippen molar-refractivity contribution in [2.45, 2.75) is 12.8 Å². The zero-order valence-corrected chi connectivity index (χ0v) is 17.4. The zero-order chi connectivity index (χ0) is 22.8. The monoisotopic (exact) mass is 436 g/mol. The summed E-state index contributed by atoms with van der Waals surface area (Å²) < 4.78 is 62.5. The molecule has 0 bridgehead atoms. The fourth-order valence-corrected chi connectivity index (χ4v) is 3.81. The van der Waals surface area contributed by atoms with Crippen LogP contribution >= 0.6 is 0 Å². The molecule has 0 saturated carbocycles. The fraction of sp³-hybridized carbons (Fsp3) is 0.111. The maximum Gasteiger partial charge on any atom is 0.190 e. The quantitative estimate of drug-likeness (QED) is 0.221. The van der Waals surface area contributed by atoms with Crippen molar-refractivity contribution in [1.29, 1.82) is 0 Å². The van der Waals surface area contributed by atoms with Crippen molar-refractivity contribution < 1.29 is 22.3 Å². The summed E-state index contributed by atoms with van der Waals surface area (Å²) in [5.74, 6) is -4.50. The number of aryl methyl sites for hydroxylation is 1. The van der Waals surface area contributed by atoms with E-state index in [1.54, 1.807) is 6.07 Å². The molecule has 0 fully saturated rings. The smallest absolute Gasteiger partial charge is 0.190 e. The fourth-order valence-electron chi connectivity index (χ4n) is 3.81. The number of fused-ring (bicyclic) bond motifs is 1. The molecular weight excluding hydrogens is 416 g/mol. The van der Waals surface area contributed by atoms with Crippen LogP contribution in [0.1, 0.15) is 12.0 Å². The Kier molecular flexibility index (Phi) is 5.99. The molecule has 5 heteroatoms. The summed E-state index contributed by atoms with van der Waals surface area (Å²) in [6.45, 7) is 3.74. The second kappa shape index (κ2) is 8.87. The second-order valence-corrected chi connectivity index (χ2v) is 7.51. The lowest BCUT2D eigenvalue weighted by molar-refractivity contribution is 0.360. The maximum atomic E-state index is 14.9. The minimum absolute atomic E-state index is 0.243. The lowest BCUT2D eigenvalue weighted by Gasteiger charge is -2.12. The highest BCUT2D eigenvalue weighted by atomic mass is 19.1. The van der Waals surface area contributed by atoms with Gasteiger partial charge in [-0.1, -0.05) is 36.4 Å². The highest BCUT2D eigenvalue weighted by molar-refractivity contribution is 5.88. The van der Waals surface area contributed by atoms with E-state index < -0.39 is 34.6 Å². The van der Waals surface area contributed by atoms with Crippen molar-refractivity contribution in [3.05, 3.63) is 102 Å². The standard InChI is InChI=1S/C27H20F4O/c1-3-4-5-16-6-7-18-11-19(9-8-17(18)10-16)20-12-22(28)26(23(29)13-20)21-14-24(30)27(32-2)25(31)15-21/h3,6-15H,1,4-5H2,2H3. The summed E-state index contributed by atoms with van der Waals surface area (Å²) in [6.07, 6.45) is 3.65. The molecule has 32 heavy (non-hydrogen) atoms. The van der Waals surface area contributed by atoms with Crippen LogP contribution in [0, 0.1) is 23.3 Å². The van der Waals surface area contributed by atoms with Gasteiger partial charge in [0, 0.05) is 0 Å². The first-order valence-corrected chi connectivity index (χ1v) is 10.1. The van der Waals surface area contributed by atoms with Crippen molar-refractivity contribution in [2.75, 3.05) is 7.11 Å². The maximum absolute atomic E-state index is 14.9. The van der Waals surface area contributed by atoms with E-state index in [2.05, 4.69) is 17.4 Å². The number of hydrogen-bond acceptors (Lipinski definition) is 1. The molecule has 0 atom stereocenters. The summed E-state index contributed by atoms with van der Waals surface area (Å²) in [5.41, 5.74) is 1.41. The Labute approximate surface area is 183 Å². The summed E-state index contributed by atoms with van der Waals surface area (Å²) >= 11 is 0. The van der Waals surface area contributed by atoms with Crippen LogP contribution in [-0.4, -0.2) is 7.11 Å². The molecule has 0 radical (unpaired) electrons. The van der Waals surface area contributed by atoms with Crippen LogP contribution in [0.15, 0.2) is 73.3 Å². The van der Waals surface area contributed by atoms with Gasteiger partial charge in [0.2, 0.25) is 0 Å². The van der Waals surface area contributed by atoms with Crippen molar-refractivity contribution in [1.82, 2.24) is 0 Å². The van der Waals surface area contributed by atoms with E-state index in [0.717, 1.165) is 55.0 Å². The predicted octanol–water partition coefficient (Wildman–Crippen LogP) is 7.86. The zero-order valence-electron chi connectivity index (χ0n) is 17.4. The van der Waals surface area contributed by atoms with E-state index in [4.69, 9.17) is 0 Å². The van der Waals surface area contributed by atoms with Crippen LogP contribution in [0.5, 0.6) is 5.75 Å². The van der Waals surface area contributed by atoms with Gasteiger partial charge in [-0.15, -0.1) is 6.58 Å². The van der Waals surface area contributed by atoms with Gasteiger partial charge in [0.25, 0.3) is 0 Å². The van der Waals surface area contributed by atoms with E-state index in [0.29, 0.717) is 11.1 Å². The van der Waals surface area contributed by atoms with E-state index in [9.17, 15) is 17.6 Å². The third-order valence-electron chi connectivity index (χ3n) is 5.41. The Bertz CT molecular complexity index is 1280. The number of hydrogen-bond donors (Lipinski definition) is 0. The van der Waals surface area contributed by atoms with Gasteiger partial charge in [0.15, 0.2) is 17.4 Å². The normalized spacial score (nSPS) is 11.0. The molecule has 0 unspecified atom stereocenters. The van der Waals surface area contributed by atoms with Gasteiger partial charge in [0.05, 0.1) is 12.7 Å². The molecule has 0 aliphatic rings. The highest BCUT2D eigenvalue weighted by Gasteiger charge is 2.19. The van der Waals surface area contributed by atoms with Gasteiger partial charge >= 0.3 is 0 Å². The van der Waals surface area contributed by atoms with E-state index in [-0.39, 0.29) is 5.56 Å². The Morgan fingerprint density at radius 3 is 1.94 bits per heavy atom. The average molecular weight is 436 g/mol.